The lowest BCUT2D eigenvalue weighted by molar-refractivity contribution is -0.130. The molecule has 0 saturated carbocycles. The first kappa shape index (κ1) is 12.5. The molecular formula is C11H22N2O2. The van der Waals surface area contributed by atoms with Gasteiger partial charge in [-0.2, -0.15) is 0 Å². The summed E-state index contributed by atoms with van der Waals surface area (Å²) in [5.41, 5.74) is 0. The van der Waals surface area contributed by atoms with Gasteiger partial charge >= 0.3 is 0 Å². The lowest BCUT2D eigenvalue weighted by Crippen LogP contribution is -2.40. The van der Waals surface area contributed by atoms with E-state index in [0.717, 1.165) is 19.5 Å². The van der Waals surface area contributed by atoms with Gasteiger partial charge in [0, 0.05) is 19.7 Å². The second-order valence-corrected chi connectivity index (χ2v) is 3.95. The maximum absolute atomic E-state index is 11.8. The monoisotopic (exact) mass is 214 g/mol. The Kier molecular flexibility index (Phi) is 5.05. The zero-order valence-corrected chi connectivity index (χ0v) is 9.95. The molecule has 0 radical (unpaired) electrons. The Morgan fingerprint density at radius 3 is 2.93 bits per heavy atom. The van der Waals surface area contributed by atoms with Crippen molar-refractivity contribution in [1.29, 1.82) is 0 Å². The predicted octanol–water partition coefficient (Wildman–Crippen LogP) is 0.622. The van der Waals surface area contributed by atoms with Crippen LogP contribution in [0.1, 0.15) is 27.2 Å². The zero-order chi connectivity index (χ0) is 11.3. The fraction of sp³-hybridized carbons (Fsp3) is 0.909. The van der Waals surface area contributed by atoms with E-state index in [-0.39, 0.29) is 18.1 Å². The Balaban J connectivity index is 2.35. The molecule has 1 heterocycles. The third kappa shape index (κ3) is 3.47. The molecule has 1 N–H and O–H groups in total. The highest BCUT2D eigenvalue weighted by molar-refractivity contribution is 5.83. The van der Waals surface area contributed by atoms with E-state index in [2.05, 4.69) is 5.32 Å². The molecule has 1 saturated heterocycles. The van der Waals surface area contributed by atoms with Crippen LogP contribution in [0.3, 0.4) is 0 Å². The molecule has 88 valence electrons. The van der Waals surface area contributed by atoms with Gasteiger partial charge in [0.2, 0.25) is 5.91 Å². The van der Waals surface area contributed by atoms with Gasteiger partial charge in [-0.15, -0.1) is 0 Å². The van der Waals surface area contributed by atoms with Crippen LogP contribution < -0.4 is 5.32 Å². The van der Waals surface area contributed by atoms with E-state index in [1.54, 1.807) is 0 Å². The smallest absolute Gasteiger partial charge is 0.239 e. The molecule has 1 aliphatic heterocycles. The second kappa shape index (κ2) is 6.08. The third-order valence-electron chi connectivity index (χ3n) is 2.68. The van der Waals surface area contributed by atoms with Crippen LogP contribution in [0.25, 0.3) is 0 Å². The fourth-order valence-electron chi connectivity index (χ4n) is 2.00. The average molecular weight is 214 g/mol. The van der Waals surface area contributed by atoms with Gasteiger partial charge in [-0.1, -0.05) is 6.92 Å². The van der Waals surface area contributed by atoms with Crippen molar-refractivity contribution < 1.29 is 9.53 Å². The predicted molar refractivity (Wildman–Crippen MR) is 59.7 cm³/mol. The van der Waals surface area contributed by atoms with E-state index in [1.807, 2.05) is 25.7 Å². The Morgan fingerprint density at radius 1 is 1.60 bits per heavy atom. The van der Waals surface area contributed by atoms with Gasteiger partial charge in [0.05, 0.1) is 12.1 Å². The van der Waals surface area contributed by atoms with Crippen LogP contribution in [0.4, 0.5) is 0 Å². The summed E-state index contributed by atoms with van der Waals surface area (Å²) in [5, 5.41) is 3.20. The van der Waals surface area contributed by atoms with Gasteiger partial charge in [0.25, 0.3) is 0 Å². The lowest BCUT2D eigenvalue weighted by atomic mass is 10.2. The number of nitrogens with zero attached hydrogens (tertiary/aromatic N) is 1. The number of carbonyl (C=O) groups is 1. The summed E-state index contributed by atoms with van der Waals surface area (Å²) in [6.07, 6.45) is 1.06. The molecule has 0 spiro atoms. The van der Waals surface area contributed by atoms with Crippen molar-refractivity contribution in [3.8, 4) is 0 Å². The van der Waals surface area contributed by atoms with Crippen molar-refractivity contribution in [2.45, 2.75) is 39.3 Å². The summed E-state index contributed by atoms with van der Waals surface area (Å²) in [7, 11) is 0. The molecule has 15 heavy (non-hydrogen) atoms. The number of amides is 1. The lowest BCUT2D eigenvalue weighted by Gasteiger charge is -2.21. The number of carbonyl (C=O) groups excluding carboxylic acids is 1. The quantitative estimate of drug-likeness (QED) is 0.705. The normalized spacial score (nSPS) is 23.5. The van der Waals surface area contributed by atoms with Gasteiger partial charge in [-0.05, 0) is 26.8 Å². The van der Waals surface area contributed by atoms with Gasteiger partial charge in [-0.3, -0.25) is 4.79 Å². The summed E-state index contributed by atoms with van der Waals surface area (Å²) in [6.45, 7) is 9.15. The summed E-state index contributed by atoms with van der Waals surface area (Å²) in [5.74, 6) is 0.225. The zero-order valence-electron chi connectivity index (χ0n) is 9.95. The highest BCUT2D eigenvalue weighted by Gasteiger charge is 2.31. The van der Waals surface area contributed by atoms with Crippen molar-refractivity contribution in [1.82, 2.24) is 10.2 Å². The third-order valence-corrected chi connectivity index (χ3v) is 2.68. The van der Waals surface area contributed by atoms with E-state index < -0.39 is 0 Å². The van der Waals surface area contributed by atoms with E-state index in [0.29, 0.717) is 13.2 Å². The topological polar surface area (TPSA) is 41.6 Å². The number of hydrogen-bond donors (Lipinski definition) is 1. The van der Waals surface area contributed by atoms with Crippen LogP contribution in [0.2, 0.25) is 0 Å². The standard InChI is InChI=1S/C11H22N2O2/c1-4-12-10-6-7-13(11(10)14)8-9(3)15-5-2/h9-10,12H,4-8H2,1-3H3. The van der Waals surface area contributed by atoms with Crippen LogP contribution in [0, 0.1) is 0 Å². The van der Waals surface area contributed by atoms with Crippen molar-refractivity contribution >= 4 is 5.91 Å². The van der Waals surface area contributed by atoms with E-state index in [1.165, 1.54) is 0 Å². The molecule has 1 amide bonds. The van der Waals surface area contributed by atoms with Crippen LogP contribution in [0.15, 0.2) is 0 Å². The molecular weight excluding hydrogens is 192 g/mol. The molecule has 0 aliphatic carbocycles. The Labute approximate surface area is 92.0 Å². The van der Waals surface area contributed by atoms with E-state index in [4.69, 9.17) is 4.74 Å². The molecule has 0 bridgehead atoms. The Bertz CT molecular complexity index is 209. The highest BCUT2D eigenvalue weighted by atomic mass is 16.5. The summed E-state index contributed by atoms with van der Waals surface area (Å²) in [6, 6.07) is 0.0313. The second-order valence-electron chi connectivity index (χ2n) is 3.95. The number of rotatable bonds is 6. The van der Waals surface area contributed by atoms with Crippen LogP contribution >= 0.6 is 0 Å². The van der Waals surface area contributed by atoms with Crippen LogP contribution in [-0.2, 0) is 9.53 Å². The SMILES string of the molecule is CCNC1CCN(CC(C)OCC)C1=O. The highest BCUT2D eigenvalue weighted by Crippen LogP contribution is 2.12. The molecule has 0 aromatic carbocycles. The van der Waals surface area contributed by atoms with Crippen molar-refractivity contribution in [3.05, 3.63) is 0 Å². The number of ether oxygens (including phenoxy) is 1. The minimum atomic E-state index is 0.0313. The molecule has 2 unspecified atom stereocenters. The molecule has 0 aromatic rings. The number of likely N-dealkylation sites (tertiary alicyclic amines) is 1. The molecule has 1 rings (SSSR count). The van der Waals surface area contributed by atoms with E-state index in [9.17, 15) is 4.79 Å². The van der Waals surface area contributed by atoms with Crippen LogP contribution in [-0.4, -0.2) is 49.2 Å². The first-order chi connectivity index (χ1) is 7.19. The first-order valence-corrected chi connectivity index (χ1v) is 5.82. The summed E-state index contributed by atoms with van der Waals surface area (Å²) < 4.78 is 5.43. The molecule has 4 nitrogen and oxygen atoms in total. The fourth-order valence-corrected chi connectivity index (χ4v) is 2.00. The molecule has 0 aromatic heterocycles. The molecule has 2 atom stereocenters. The first-order valence-electron chi connectivity index (χ1n) is 5.82. The molecule has 1 aliphatic rings. The van der Waals surface area contributed by atoms with Gasteiger partial charge < -0.3 is 15.0 Å². The molecule has 1 fully saturated rings. The number of nitrogens with one attached hydrogen (secondary N) is 1. The van der Waals surface area contributed by atoms with Crippen LogP contribution in [0.5, 0.6) is 0 Å². The maximum atomic E-state index is 11.8. The average Bonchev–Trinajstić information content (AvgIpc) is 2.51. The van der Waals surface area contributed by atoms with Gasteiger partial charge in [0.15, 0.2) is 0 Å². The summed E-state index contributed by atoms with van der Waals surface area (Å²) >= 11 is 0. The minimum absolute atomic E-state index is 0.0313. The van der Waals surface area contributed by atoms with E-state index >= 15 is 0 Å². The molecule has 4 heteroatoms. The Morgan fingerprint density at radius 2 is 2.33 bits per heavy atom. The minimum Gasteiger partial charge on any atom is -0.377 e. The van der Waals surface area contributed by atoms with Crippen molar-refractivity contribution in [3.63, 3.8) is 0 Å². The Hall–Kier alpha value is -0.610. The number of likely N-dealkylation sites (N-methyl/N-ethyl adjacent to an activating group) is 1. The maximum Gasteiger partial charge on any atom is 0.239 e. The summed E-state index contributed by atoms with van der Waals surface area (Å²) in [4.78, 5) is 13.7. The van der Waals surface area contributed by atoms with Crippen molar-refractivity contribution in [2.24, 2.45) is 0 Å². The largest absolute Gasteiger partial charge is 0.377 e. The van der Waals surface area contributed by atoms with Gasteiger partial charge in [0.1, 0.15) is 0 Å². The van der Waals surface area contributed by atoms with Gasteiger partial charge in [-0.25, -0.2) is 0 Å². The number of hydrogen-bond acceptors (Lipinski definition) is 3. The van der Waals surface area contributed by atoms with Crippen molar-refractivity contribution in [2.75, 3.05) is 26.2 Å².